The highest BCUT2D eigenvalue weighted by Gasteiger charge is 2.22. The summed E-state index contributed by atoms with van der Waals surface area (Å²) in [6.07, 6.45) is 0. The van der Waals surface area contributed by atoms with E-state index in [9.17, 15) is 17.6 Å². The van der Waals surface area contributed by atoms with Crippen LogP contribution in [-0.2, 0) is 0 Å². The van der Waals surface area contributed by atoms with E-state index in [1.165, 1.54) is 0 Å². The molecule has 0 unspecified atom stereocenters. The van der Waals surface area contributed by atoms with Crippen LogP contribution in [0.2, 0.25) is 0 Å². The van der Waals surface area contributed by atoms with Crippen molar-refractivity contribution in [1.82, 2.24) is 0 Å². The van der Waals surface area contributed by atoms with Crippen LogP contribution in [0.4, 0.5) is 17.6 Å². The predicted molar refractivity (Wildman–Crippen MR) is 32.7 cm³/mol. The van der Waals surface area contributed by atoms with E-state index in [1.54, 1.807) is 0 Å². The molecule has 66 valence electrons. The quantitative estimate of drug-likeness (QED) is 0.400. The summed E-state index contributed by atoms with van der Waals surface area (Å²) < 4.78 is 56.6. The molecule has 0 atom stereocenters. The molecule has 0 amide bonds. The summed E-state index contributed by atoms with van der Waals surface area (Å²) in [7, 11) is 0. The molecule has 0 radical (unpaired) electrons. The Morgan fingerprint density at radius 2 is 1.50 bits per heavy atom. The molecule has 12 heavy (non-hydrogen) atoms. The largest absolute Gasteiger partial charge is 0.504 e. The molecule has 0 aliphatic carbocycles. The lowest BCUT2D eigenvalue weighted by molar-refractivity contribution is 0.360. The molecule has 1 rings (SSSR count). The maximum atomic E-state index is 12.7. The van der Waals surface area contributed by atoms with E-state index in [0.717, 1.165) is 6.92 Å². The fourth-order valence-corrected chi connectivity index (χ4v) is 0.721. The molecule has 1 aromatic carbocycles. The molecule has 0 saturated heterocycles. The van der Waals surface area contributed by atoms with Crippen molar-refractivity contribution in [1.29, 1.82) is 1.43 Å². The zero-order valence-electron chi connectivity index (χ0n) is 6.92. The van der Waals surface area contributed by atoms with Gasteiger partial charge in [-0.2, -0.15) is 4.39 Å². The highest BCUT2D eigenvalue weighted by Crippen LogP contribution is 2.27. The third-order valence-electron chi connectivity index (χ3n) is 1.45. The summed E-state index contributed by atoms with van der Waals surface area (Å²) >= 11 is 0. The van der Waals surface area contributed by atoms with Gasteiger partial charge in [-0.3, -0.25) is 0 Å². The number of phenols is 1. The van der Waals surface area contributed by atoms with E-state index >= 15 is 0 Å². The minimum atomic E-state index is -1.98. The van der Waals surface area contributed by atoms with Crippen LogP contribution in [0.1, 0.15) is 5.56 Å². The van der Waals surface area contributed by atoms with Crippen LogP contribution < -0.4 is 0 Å². The fourth-order valence-electron chi connectivity index (χ4n) is 0.721. The Bertz CT molecular complexity index is 324. The molecule has 0 aromatic heterocycles. The summed E-state index contributed by atoms with van der Waals surface area (Å²) in [6.45, 7) is 0.977. The Labute approximate surface area is 66.7 Å². The van der Waals surface area contributed by atoms with Gasteiger partial charge in [0.05, 0.1) is 0 Å². The Hall–Kier alpha value is -1.26. The van der Waals surface area contributed by atoms with Gasteiger partial charge >= 0.3 is 0 Å². The summed E-state index contributed by atoms with van der Waals surface area (Å²) in [5.41, 5.74) is -0.577. The van der Waals surface area contributed by atoms with Gasteiger partial charge in [0.15, 0.2) is 17.4 Å². The number of rotatable bonds is 1. The lowest BCUT2D eigenvalue weighted by Crippen LogP contribution is -1.99. The number of halogens is 4. The minimum Gasteiger partial charge on any atom is -0.504 e. The second-order valence-corrected chi connectivity index (χ2v) is 2.21. The van der Waals surface area contributed by atoms with Crippen molar-refractivity contribution in [2.24, 2.45) is 0 Å². The Balaban J connectivity index is 3.56. The van der Waals surface area contributed by atoms with Crippen LogP contribution in [0.5, 0.6) is 5.75 Å². The third kappa shape index (κ3) is 1.01. The van der Waals surface area contributed by atoms with Crippen LogP contribution in [0.15, 0.2) is 0 Å². The number of hydrogen-bond donors (Lipinski definition) is 1. The normalized spacial score (nSPS) is 11.2. The average molecular weight is 181 g/mol. The zero-order valence-corrected chi connectivity index (χ0v) is 5.92. The van der Waals surface area contributed by atoms with Crippen molar-refractivity contribution in [3.63, 3.8) is 0 Å². The monoisotopic (exact) mass is 181 g/mol. The van der Waals surface area contributed by atoms with E-state index in [-0.39, 0.29) is 0 Å². The number of aromatic hydroxyl groups is 1. The minimum absolute atomic E-state index is 0.577. The highest BCUT2D eigenvalue weighted by molar-refractivity contribution is 5.35. The fraction of sp³-hybridized carbons (Fsp3) is 0.143. The Morgan fingerprint density at radius 1 is 1.00 bits per heavy atom. The van der Waals surface area contributed by atoms with Crippen LogP contribution >= 0.6 is 0 Å². The second-order valence-electron chi connectivity index (χ2n) is 2.21. The summed E-state index contributed by atoms with van der Waals surface area (Å²) in [5, 5.41) is 3.62. The highest BCUT2D eigenvalue weighted by atomic mass is 19.2. The first-order valence-electron chi connectivity index (χ1n) is 3.37. The molecule has 0 aliphatic heterocycles. The van der Waals surface area contributed by atoms with E-state index in [4.69, 9.17) is 1.43 Å². The smallest absolute Gasteiger partial charge is 0.293 e. The van der Waals surface area contributed by atoms with E-state index in [1.807, 2.05) is 0 Å². The summed E-state index contributed by atoms with van der Waals surface area (Å²) in [4.78, 5) is 0. The van der Waals surface area contributed by atoms with Gasteiger partial charge < -0.3 is 5.11 Å². The van der Waals surface area contributed by atoms with Gasteiger partial charge in [0, 0.05) is 5.56 Å². The number of phenolic OH excluding ortho intramolecular Hbond substituents is 1. The Morgan fingerprint density at radius 3 is 2.00 bits per heavy atom. The van der Waals surface area contributed by atoms with Gasteiger partial charge in [0.1, 0.15) is 0 Å². The van der Waals surface area contributed by atoms with Crippen molar-refractivity contribution in [2.45, 2.75) is 6.92 Å². The van der Waals surface area contributed by atoms with Gasteiger partial charge in [-0.05, 0) is 6.92 Å². The van der Waals surface area contributed by atoms with Crippen molar-refractivity contribution >= 4 is 0 Å². The molecule has 0 aliphatic rings. The molecule has 1 aromatic rings. The van der Waals surface area contributed by atoms with Crippen LogP contribution in [0.25, 0.3) is 0 Å². The maximum absolute atomic E-state index is 12.7. The van der Waals surface area contributed by atoms with Gasteiger partial charge in [0.2, 0.25) is 11.6 Å². The SMILES string of the molecule is [2H]Oc1c(C)c(F)c(F)c(F)c1F. The second kappa shape index (κ2) is 2.66. The van der Waals surface area contributed by atoms with Gasteiger partial charge in [-0.1, -0.05) is 0 Å². The molecule has 5 heteroatoms. The van der Waals surface area contributed by atoms with E-state index < -0.39 is 34.6 Å². The first-order valence-corrected chi connectivity index (χ1v) is 2.96. The average Bonchev–Trinajstić information content (AvgIpc) is 2.13. The van der Waals surface area contributed by atoms with Crippen LogP contribution in [-0.4, -0.2) is 6.54 Å². The molecular formula is C7H4F4O. The standard InChI is InChI=1S/C7H4F4O/c1-2-3(8)4(9)5(10)6(11)7(2)12/h12H,1H3/i/hD. The lowest BCUT2D eigenvalue weighted by atomic mass is 10.2. The molecule has 0 spiro atoms. The summed E-state index contributed by atoms with van der Waals surface area (Å²) in [6, 6.07) is 0. The molecule has 0 bridgehead atoms. The van der Waals surface area contributed by atoms with Gasteiger partial charge in [-0.25, -0.2) is 13.2 Å². The number of benzene rings is 1. The lowest BCUT2D eigenvalue weighted by Gasteiger charge is -2.03. The first kappa shape index (κ1) is 7.39. The number of hydrogen-bond acceptors (Lipinski definition) is 1. The van der Waals surface area contributed by atoms with Crippen molar-refractivity contribution in [3.05, 3.63) is 28.8 Å². The molecule has 0 heterocycles. The van der Waals surface area contributed by atoms with Crippen molar-refractivity contribution < 1.29 is 22.7 Å². The maximum Gasteiger partial charge on any atom is 0.293 e. The Kier molecular flexibility index (Phi) is 1.64. The molecule has 0 fully saturated rings. The molecule has 0 saturated carbocycles. The van der Waals surface area contributed by atoms with Crippen molar-refractivity contribution in [2.75, 3.05) is 0 Å². The van der Waals surface area contributed by atoms with E-state index in [2.05, 4.69) is 5.11 Å². The third-order valence-corrected chi connectivity index (χ3v) is 1.45. The van der Waals surface area contributed by atoms with Crippen LogP contribution in [0, 0.1) is 30.2 Å². The van der Waals surface area contributed by atoms with Gasteiger partial charge in [-0.15, -0.1) is 0 Å². The van der Waals surface area contributed by atoms with Crippen molar-refractivity contribution in [3.8, 4) is 5.75 Å². The molecule has 1 nitrogen and oxygen atoms in total. The topological polar surface area (TPSA) is 20.2 Å². The molecular weight excluding hydrogens is 176 g/mol. The molecule has 1 N–H and O–H groups in total. The van der Waals surface area contributed by atoms with Gasteiger partial charge in [0.25, 0.3) is 1.43 Å². The summed E-state index contributed by atoms with van der Waals surface area (Å²) in [5.74, 6) is -8.09. The van der Waals surface area contributed by atoms with E-state index in [0.29, 0.717) is 0 Å². The first-order chi connectivity index (χ1) is 6.00. The van der Waals surface area contributed by atoms with Crippen LogP contribution in [0.3, 0.4) is 0 Å². The predicted octanol–water partition coefficient (Wildman–Crippen LogP) is 2.26. The zero-order chi connectivity index (χ0) is 10.2.